The van der Waals surface area contributed by atoms with Crippen molar-refractivity contribution in [3.05, 3.63) is 47.2 Å². The number of rotatable bonds is 4. The molecular weight excluding hydrogens is 453 g/mol. The highest BCUT2D eigenvalue weighted by molar-refractivity contribution is 8.01. The zero-order chi connectivity index (χ0) is 21.5. The Labute approximate surface area is 182 Å². The number of hydrogen-bond acceptors (Lipinski definition) is 5. The van der Waals surface area contributed by atoms with Gasteiger partial charge in [-0.15, -0.1) is 11.8 Å². The quantitative estimate of drug-likeness (QED) is 0.670. The lowest BCUT2D eigenvalue weighted by molar-refractivity contribution is -0.133. The Bertz CT molecular complexity index is 1140. The average Bonchev–Trinajstić information content (AvgIpc) is 3.23. The number of likely N-dealkylation sites (tertiary alicyclic amines) is 1. The van der Waals surface area contributed by atoms with Crippen LogP contribution in [0.1, 0.15) is 12.8 Å². The minimum atomic E-state index is -4.11. The molecule has 2 amide bonds. The van der Waals surface area contributed by atoms with Crippen LogP contribution >= 0.6 is 23.4 Å². The molecule has 2 aliphatic heterocycles. The molecule has 0 bridgehead atoms. The first-order valence-corrected chi connectivity index (χ1v) is 11.9. The smallest absolute Gasteiger partial charge is 0.262 e. The molecule has 2 heterocycles. The minimum Gasteiger partial charge on any atom is -0.341 e. The number of hydrogen-bond donors (Lipinski definition) is 2. The van der Waals surface area contributed by atoms with Gasteiger partial charge in [0, 0.05) is 23.0 Å². The molecule has 2 aromatic rings. The van der Waals surface area contributed by atoms with Gasteiger partial charge in [-0.25, -0.2) is 12.8 Å². The van der Waals surface area contributed by atoms with Gasteiger partial charge >= 0.3 is 0 Å². The number of fused-ring (bicyclic) bond motifs is 1. The summed E-state index contributed by atoms with van der Waals surface area (Å²) in [6, 6.07) is 7.74. The van der Waals surface area contributed by atoms with Crippen molar-refractivity contribution in [2.45, 2.75) is 27.9 Å². The molecule has 11 heteroatoms. The van der Waals surface area contributed by atoms with Gasteiger partial charge in [0.25, 0.3) is 10.0 Å². The van der Waals surface area contributed by atoms with Crippen molar-refractivity contribution in [3.63, 3.8) is 0 Å². The largest absolute Gasteiger partial charge is 0.341 e. The Kier molecular flexibility index (Phi) is 5.65. The summed E-state index contributed by atoms with van der Waals surface area (Å²) in [5.41, 5.74) is 0.0433. The molecule has 2 N–H and O–H groups in total. The fourth-order valence-electron chi connectivity index (χ4n) is 3.30. The molecule has 0 saturated carbocycles. The zero-order valence-electron chi connectivity index (χ0n) is 15.5. The van der Waals surface area contributed by atoms with Crippen LogP contribution in [0.3, 0.4) is 0 Å². The monoisotopic (exact) mass is 469 g/mol. The molecule has 0 spiro atoms. The van der Waals surface area contributed by atoms with Crippen molar-refractivity contribution in [2.75, 3.05) is 23.1 Å². The standard InChI is InChI=1S/C19H17ClFN3O4S2/c20-11-3-5-14(13(21)9-11)23-30(27,28)12-4-6-16-15(10-12)22-18(25)17(29-16)19(26)24-7-1-2-8-24/h3-6,9-10,17,23H,1-2,7-8H2,(H,22,25)/t17-/m0/s1. The summed E-state index contributed by atoms with van der Waals surface area (Å²) in [6.07, 6.45) is 1.84. The lowest BCUT2D eigenvalue weighted by atomic mass is 10.2. The molecular formula is C19H17ClFN3O4S2. The summed E-state index contributed by atoms with van der Waals surface area (Å²) >= 11 is 6.78. The van der Waals surface area contributed by atoms with Crippen molar-refractivity contribution < 1.29 is 22.4 Å². The molecule has 2 aliphatic rings. The van der Waals surface area contributed by atoms with Crippen LogP contribution in [0.4, 0.5) is 15.8 Å². The molecule has 0 aromatic heterocycles. The Hall–Kier alpha value is -2.30. The zero-order valence-corrected chi connectivity index (χ0v) is 17.9. The van der Waals surface area contributed by atoms with E-state index in [0.717, 1.165) is 30.7 Å². The SMILES string of the molecule is O=C1Nc2cc(S(=O)(=O)Nc3ccc(Cl)cc3F)ccc2S[C@@H]1C(=O)N1CCCC1. The van der Waals surface area contributed by atoms with Crippen LogP contribution in [-0.2, 0) is 19.6 Å². The molecule has 1 atom stereocenters. The maximum Gasteiger partial charge on any atom is 0.262 e. The number of benzene rings is 2. The van der Waals surface area contributed by atoms with Gasteiger partial charge in [0.05, 0.1) is 16.3 Å². The van der Waals surface area contributed by atoms with Gasteiger partial charge < -0.3 is 10.2 Å². The third-order valence-electron chi connectivity index (χ3n) is 4.82. The van der Waals surface area contributed by atoms with Gasteiger partial charge in [-0.1, -0.05) is 11.6 Å². The molecule has 30 heavy (non-hydrogen) atoms. The fourth-order valence-corrected chi connectivity index (χ4v) is 5.60. The van der Waals surface area contributed by atoms with E-state index in [0.29, 0.717) is 18.0 Å². The number of halogens is 2. The van der Waals surface area contributed by atoms with Gasteiger partial charge in [-0.2, -0.15) is 0 Å². The lowest BCUT2D eigenvalue weighted by Crippen LogP contribution is -2.43. The van der Waals surface area contributed by atoms with E-state index in [9.17, 15) is 22.4 Å². The number of nitrogens with zero attached hydrogens (tertiary/aromatic N) is 1. The molecule has 2 aromatic carbocycles. The molecule has 1 fully saturated rings. The number of amides is 2. The number of thioether (sulfide) groups is 1. The van der Waals surface area contributed by atoms with E-state index in [4.69, 9.17) is 11.6 Å². The summed E-state index contributed by atoms with van der Waals surface area (Å²) < 4.78 is 41.5. The van der Waals surface area contributed by atoms with Gasteiger partial charge in [0.1, 0.15) is 5.82 Å². The van der Waals surface area contributed by atoms with E-state index in [1.807, 2.05) is 0 Å². The maximum absolute atomic E-state index is 14.0. The van der Waals surface area contributed by atoms with Gasteiger partial charge in [-0.05, 0) is 49.2 Å². The van der Waals surface area contributed by atoms with Crippen molar-refractivity contribution in [2.24, 2.45) is 0 Å². The van der Waals surface area contributed by atoms with Crippen LogP contribution in [0.15, 0.2) is 46.2 Å². The molecule has 7 nitrogen and oxygen atoms in total. The van der Waals surface area contributed by atoms with Gasteiger partial charge in [0.2, 0.25) is 11.8 Å². The Balaban J connectivity index is 1.56. The van der Waals surface area contributed by atoms with Crippen LogP contribution in [-0.4, -0.2) is 43.5 Å². The number of carbonyl (C=O) groups excluding carboxylic acids is 2. The number of sulfonamides is 1. The molecule has 1 saturated heterocycles. The second-order valence-corrected chi connectivity index (χ2v) is 10.2. The summed E-state index contributed by atoms with van der Waals surface area (Å²) in [5.74, 6) is -1.54. The van der Waals surface area contributed by atoms with Gasteiger partial charge in [-0.3, -0.25) is 14.3 Å². The summed E-state index contributed by atoms with van der Waals surface area (Å²) in [7, 11) is -4.11. The Morgan fingerprint density at radius 2 is 1.93 bits per heavy atom. The van der Waals surface area contributed by atoms with E-state index in [2.05, 4.69) is 10.0 Å². The summed E-state index contributed by atoms with van der Waals surface area (Å²) in [6.45, 7) is 1.28. The molecule has 0 radical (unpaired) electrons. The van der Waals surface area contributed by atoms with Gasteiger partial charge in [0.15, 0.2) is 5.25 Å². The van der Waals surface area contributed by atoms with E-state index in [-0.39, 0.29) is 27.2 Å². The van der Waals surface area contributed by atoms with Crippen LogP contribution in [0.2, 0.25) is 5.02 Å². The second-order valence-electron chi connectivity index (χ2n) is 6.91. The second kappa shape index (κ2) is 8.09. The average molecular weight is 470 g/mol. The highest BCUT2D eigenvalue weighted by Crippen LogP contribution is 2.38. The first kappa shape index (κ1) is 21.0. The molecule has 0 aliphatic carbocycles. The normalized spacial score (nSPS) is 18.7. The van der Waals surface area contributed by atoms with E-state index in [1.165, 1.54) is 30.3 Å². The number of anilines is 2. The highest BCUT2D eigenvalue weighted by Gasteiger charge is 2.37. The summed E-state index contributed by atoms with van der Waals surface area (Å²) in [5, 5.41) is 1.86. The summed E-state index contributed by atoms with van der Waals surface area (Å²) in [4.78, 5) is 27.2. The van der Waals surface area contributed by atoms with E-state index in [1.54, 1.807) is 4.90 Å². The predicted octanol–water partition coefficient (Wildman–Crippen LogP) is 3.32. The van der Waals surface area contributed by atoms with E-state index < -0.39 is 27.0 Å². The van der Waals surface area contributed by atoms with Crippen LogP contribution < -0.4 is 10.0 Å². The van der Waals surface area contributed by atoms with Crippen LogP contribution in [0, 0.1) is 5.82 Å². The third-order valence-corrected chi connectivity index (χ3v) is 7.68. The van der Waals surface area contributed by atoms with E-state index >= 15 is 0 Å². The first-order valence-electron chi connectivity index (χ1n) is 9.13. The topological polar surface area (TPSA) is 95.6 Å². The Morgan fingerprint density at radius 1 is 1.20 bits per heavy atom. The van der Waals surface area contributed by atoms with Crippen LogP contribution in [0.5, 0.6) is 0 Å². The molecule has 4 rings (SSSR count). The Morgan fingerprint density at radius 3 is 2.63 bits per heavy atom. The first-order chi connectivity index (χ1) is 14.2. The van der Waals surface area contributed by atoms with Crippen molar-refractivity contribution >= 4 is 56.6 Å². The molecule has 0 unspecified atom stereocenters. The fraction of sp³-hybridized carbons (Fsp3) is 0.263. The minimum absolute atomic E-state index is 0.141. The highest BCUT2D eigenvalue weighted by atomic mass is 35.5. The lowest BCUT2D eigenvalue weighted by Gasteiger charge is -2.27. The van der Waals surface area contributed by atoms with Crippen molar-refractivity contribution in [1.29, 1.82) is 0 Å². The van der Waals surface area contributed by atoms with Crippen molar-refractivity contribution in [3.8, 4) is 0 Å². The van der Waals surface area contributed by atoms with Crippen molar-refractivity contribution in [1.82, 2.24) is 4.90 Å². The maximum atomic E-state index is 14.0. The molecule has 158 valence electrons. The van der Waals surface area contributed by atoms with Crippen LogP contribution in [0.25, 0.3) is 0 Å². The third kappa shape index (κ3) is 4.12. The number of carbonyl (C=O) groups is 2. The predicted molar refractivity (Wildman–Crippen MR) is 113 cm³/mol. The number of nitrogens with one attached hydrogen (secondary N) is 2.